The Bertz CT molecular complexity index is 1680. The molecular formula is C31H29N3O3S2. The van der Waals surface area contributed by atoms with Crippen molar-refractivity contribution in [2.24, 2.45) is 0 Å². The van der Waals surface area contributed by atoms with Gasteiger partial charge in [-0.2, -0.15) is 4.31 Å². The van der Waals surface area contributed by atoms with Crippen LogP contribution in [-0.4, -0.2) is 30.7 Å². The number of hydrogen-bond donors (Lipinski definition) is 0. The number of anilines is 1. The molecule has 39 heavy (non-hydrogen) atoms. The lowest BCUT2D eigenvalue weighted by Gasteiger charge is -2.21. The van der Waals surface area contributed by atoms with E-state index in [0.717, 1.165) is 27.8 Å². The average Bonchev–Trinajstić information content (AvgIpc) is 3.39. The first-order chi connectivity index (χ1) is 18.8. The molecule has 0 spiro atoms. The minimum absolute atomic E-state index is 0.138. The minimum Gasteiger partial charge on any atom is -0.279 e. The van der Waals surface area contributed by atoms with E-state index in [1.54, 1.807) is 24.1 Å². The summed E-state index contributed by atoms with van der Waals surface area (Å²) in [6, 6.07) is 31.5. The Morgan fingerprint density at radius 1 is 0.795 bits per heavy atom. The van der Waals surface area contributed by atoms with E-state index in [-0.39, 0.29) is 17.3 Å². The van der Waals surface area contributed by atoms with E-state index in [4.69, 9.17) is 4.98 Å². The molecule has 0 aliphatic carbocycles. The predicted octanol–water partition coefficient (Wildman–Crippen LogP) is 6.53. The first-order valence-corrected chi connectivity index (χ1v) is 15.0. The molecule has 0 saturated carbocycles. The molecule has 6 nitrogen and oxygen atoms in total. The third-order valence-corrected chi connectivity index (χ3v) is 9.43. The van der Waals surface area contributed by atoms with Gasteiger partial charge in [0.05, 0.1) is 21.7 Å². The molecule has 0 unspecified atom stereocenters. The number of hydrogen-bond acceptors (Lipinski definition) is 5. The van der Waals surface area contributed by atoms with Gasteiger partial charge in [-0.3, -0.25) is 9.69 Å². The first-order valence-electron chi connectivity index (χ1n) is 12.7. The van der Waals surface area contributed by atoms with Crippen molar-refractivity contribution in [3.63, 3.8) is 0 Å². The maximum Gasteiger partial charge on any atom is 0.260 e. The molecule has 0 saturated heterocycles. The van der Waals surface area contributed by atoms with Gasteiger partial charge in [0.1, 0.15) is 0 Å². The van der Waals surface area contributed by atoms with Crippen LogP contribution in [0.1, 0.15) is 34.0 Å². The maximum absolute atomic E-state index is 13.8. The molecule has 8 heteroatoms. The molecule has 0 bridgehead atoms. The van der Waals surface area contributed by atoms with E-state index in [1.807, 2.05) is 66.7 Å². The molecule has 0 radical (unpaired) electrons. The summed E-state index contributed by atoms with van der Waals surface area (Å²) >= 11 is 1.48. The van der Waals surface area contributed by atoms with Crippen LogP contribution in [0.2, 0.25) is 0 Å². The van der Waals surface area contributed by atoms with Crippen molar-refractivity contribution in [1.82, 2.24) is 9.29 Å². The van der Waals surface area contributed by atoms with Gasteiger partial charge in [0.2, 0.25) is 10.0 Å². The van der Waals surface area contributed by atoms with Crippen LogP contribution in [0.25, 0.3) is 10.2 Å². The fraction of sp³-hybridized carbons (Fsp3) is 0.161. The number of thiazole rings is 1. The molecule has 5 aromatic rings. The van der Waals surface area contributed by atoms with Crippen LogP contribution in [0.5, 0.6) is 0 Å². The maximum atomic E-state index is 13.8. The second kappa shape index (κ2) is 11.5. The number of aromatic nitrogens is 1. The smallest absolute Gasteiger partial charge is 0.260 e. The Morgan fingerprint density at radius 3 is 2.03 bits per heavy atom. The van der Waals surface area contributed by atoms with Crippen molar-refractivity contribution in [2.75, 3.05) is 11.9 Å². The number of nitrogens with zero attached hydrogens (tertiary/aromatic N) is 3. The summed E-state index contributed by atoms with van der Waals surface area (Å²) in [6.07, 6.45) is 0.922. The Kier molecular flexibility index (Phi) is 7.88. The highest BCUT2D eigenvalue weighted by atomic mass is 32.2. The molecule has 0 N–H and O–H groups in total. The molecule has 1 heterocycles. The fourth-order valence-electron chi connectivity index (χ4n) is 4.32. The van der Waals surface area contributed by atoms with Crippen LogP contribution in [0.4, 0.5) is 5.13 Å². The summed E-state index contributed by atoms with van der Waals surface area (Å²) in [5.74, 6) is -0.241. The molecule has 0 aliphatic heterocycles. The normalized spacial score (nSPS) is 11.7. The van der Waals surface area contributed by atoms with Crippen molar-refractivity contribution in [3.8, 4) is 0 Å². The zero-order chi connectivity index (χ0) is 27.4. The number of carbonyl (C=O) groups is 1. The first kappa shape index (κ1) is 26.7. The summed E-state index contributed by atoms with van der Waals surface area (Å²) in [5, 5.41) is 0.603. The molecule has 1 aromatic heterocycles. The van der Waals surface area contributed by atoms with E-state index in [0.29, 0.717) is 17.2 Å². The summed E-state index contributed by atoms with van der Waals surface area (Å²) in [5.41, 5.74) is 4.33. The van der Waals surface area contributed by atoms with Gasteiger partial charge in [-0.15, -0.1) is 0 Å². The number of benzene rings is 4. The van der Waals surface area contributed by atoms with Gasteiger partial charge in [-0.25, -0.2) is 13.4 Å². The van der Waals surface area contributed by atoms with Gasteiger partial charge in [-0.05, 0) is 59.5 Å². The molecule has 198 valence electrons. The van der Waals surface area contributed by atoms with Crippen molar-refractivity contribution in [1.29, 1.82) is 0 Å². The third kappa shape index (κ3) is 5.93. The summed E-state index contributed by atoms with van der Waals surface area (Å²) in [7, 11) is -2.17. The summed E-state index contributed by atoms with van der Waals surface area (Å²) < 4.78 is 28.7. The molecule has 4 aromatic carbocycles. The minimum atomic E-state index is -3.73. The Labute approximate surface area is 233 Å². The van der Waals surface area contributed by atoms with E-state index in [9.17, 15) is 13.2 Å². The largest absolute Gasteiger partial charge is 0.279 e. The number of aryl methyl sites for hydroxylation is 1. The van der Waals surface area contributed by atoms with Crippen molar-refractivity contribution < 1.29 is 13.2 Å². The van der Waals surface area contributed by atoms with Gasteiger partial charge in [-0.1, -0.05) is 85.0 Å². The number of amides is 1. The molecular weight excluding hydrogens is 526 g/mol. The summed E-state index contributed by atoms with van der Waals surface area (Å²) in [6.45, 7) is 2.71. The van der Waals surface area contributed by atoms with Crippen LogP contribution >= 0.6 is 11.3 Å². The van der Waals surface area contributed by atoms with Crippen molar-refractivity contribution >= 4 is 42.6 Å². The molecule has 5 rings (SSSR count). The standard InChI is InChI=1S/C31H29N3O3S2/c1-3-23-14-19-28-29(20-23)38-31(32-28)34(22-25-12-8-5-9-13-25)30(35)26-15-17-27(18-16-26)39(36,37)33(2)21-24-10-6-4-7-11-24/h4-20H,3,21-22H2,1-2H3. The number of fused-ring (bicyclic) bond motifs is 1. The van der Waals surface area contributed by atoms with Gasteiger partial charge < -0.3 is 0 Å². The van der Waals surface area contributed by atoms with Crippen molar-refractivity contribution in [3.05, 3.63) is 125 Å². The zero-order valence-corrected chi connectivity index (χ0v) is 23.5. The van der Waals surface area contributed by atoms with E-state index in [2.05, 4.69) is 19.1 Å². The van der Waals surface area contributed by atoms with Gasteiger partial charge in [0.25, 0.3) is 5.91 Å². The van der Waals surface area contributed by atoms with Gasteiger partial charge >= 0.3 is 0 Å². The van der Waals surface area contributed by atoms with Crippen molar-refractivity contribution in [2.45, 2.75) is 31.3 Å². The van der Waals surface area contributed by atoms with E-state index < -0.39 is 10.0 Å². The van der Waals surface area contributed by atoms with Crippen LogP contribution in [0.3, 0.4) is 0 Å². The number of carbonyl (C=O) groups excluding carboxylic acids is 1. The Morgan fingerprint density at radius 2 is 1.41 bits per heavy atom. The lowest BCUT2D eigenvalue weighted by Crippen LogP contribution is -2.30. The molecule has 0 atom stereocenters. The second-order valence-corrected chi connectivity index (χ2v) is 12.4. The highest BCUT2D eigenvalue weighted by Gasteiger charge is 2.24. The predicted molar refractivity (Wildman–Crippen MR) is 157 cm³/mol. The quantitative estimate of drug-likeness (QED) is 0.207. The molecule has 1 amide bonds. The summed E-state index contributed by atoms with van der Waals surface area (Å²) in [4.78, 5) is 20.4. The second-order valence-electron chi connectivity index (χ2n) is 9.30. The van der Waals surface area contributed by atoms with Crippen LogP contribution in [0.15, 0.2) is 108 Å². The lowest BCUT2D eigenvalue weighted by molar-refractivity contribution is 0.0985. The van der Waals surface area contributed by atoms with Crippen LogP contribution in [0, 0.1) is 0 Å². The topological polar surface area (TPSA) is 70.6 Å². The number of rotatable bonds is 9. The third-order valence-electron chi connectivity index (χ3n) is 6.57. The fourth-order valence-corrected chi connectivity index (χ4v) is 6.50. The molecule has 0 fully saturated rings. The zero-order valence-electron chi connectivity index (χ0n) is 21.8. The monoisotopic (exact) mass is 555 g/mol. The number of sulfonamides is 1. The highest BCUT2D eigenvalue weighted by molar-refractivity contribution is 7.89. The highest BCUT2D eigenvalue weighted by Crippen LogP contribution is 2.32. The Balaban J connectivity index is 1.43. The van der Waals surface area contributed by atoms with E-state index in [1.165, 1.54) is 33.3 Å². The average molecular weight is 556 g/mol. The van der Waals surface area contributed by atoms with Crippen LogP contribution < -0.4 is 4.90 Å². The van der Waals surface area contributed by atoms with E-state index >= 15 is 0 Å². The Hall–Kier alpha value is -3.85. The SMILES string of the molecule is CCc1ccc2nc(N(Cc3ccccc3)C(=O)c3ccc(S(=O)(=O)N(C)Cc4ccccc4)cc3)sc2c1. The van der Waals surface area contributed by atoms with Gasteiger partial charge in [0, 0.05) is 19.2 Å². The molecule has 0 aliphatic rings. The van der Waals surface area contributed by atoms with Crippen LogP contribution in [-0.2, 0) is 29.5 Å². The van der Waals surface area contributed by atoms with Gasteiger partial charge in [0.15, 0.2) is 5.13 Å². The lowest BCUT2D eigenvalue weighted by atomic mass is 10.1.